The van der Waals surface area contributed by atoms with E-state index in [1.54, 1.807) is 0 Å². The number of nitrogens with two attached hydrogens (primary N) is 1. The molecule has 9 heavy (non-hydrogen) atoms. The van der Waals surface area contributed by atoms with Crippen LogP contribution in [0.15, 0.2) is 0 Å². The summed E-state index contributed by atoms with van der Waals surface area (Å²) in [6.45, 7) is 0. The van der Waals surface area contributed by atoms with Crippen LogP contribution < -0.4 is 5.73 Å². The first-order chi connectivity index (χ1) is 4.13. The van der Waals surface area contributed by atoms with Crippen molar-refractivity contribution >= 4 is 0 Å². The highest BCUT2D eigenvalue weighted by atomic mass is 19.3. The Morgan fingerprint density at radius 3 is 2.33 bits per heavy atom. The van der Waals surface area contributed by atoms with E-state index >= 15 is 0 Å². The lowest BCUT2D eigenvalue weighted by Gasteiger charge is -2.26. The van der Waals surface area contributed by atoms with Crippen LogP contribution in [0.25, 0.3) is 0 Å². The summed E-state index contributed by atoms with van der Waals surface area (Å²) in [6, 6.07) is -0.131. The van der Waals surface area contributed by atoms with E-state index in [-0.39, 0.29) is 12.5 Å². The van der Waals surface area contributed by atoms with Crippen molar-refractivity contribution in [1.82, 2.24) is 0 Å². The molecule has 1 radical (unpaired) electrons. The van der Waals surface area contributed by atoms with Crippen LogP contribution >= 0.6 is 0 Å². The molecule has 0 unspecified atom stereocenters. The van der Waals surface area contributed by atoms with Gasteiger partial charge in [-0.3, -0.25) is 0 Å². The molecular formula is C6H10F2N. The van der Waals surface area contributed by atoms with Gasteiger partial charge in [0.05, 0.1) is 0 Å². The molecule has 0 heterocycles. The fraction of sp³-hybridized carbons (Fsp3) is 0.833. The summed E-state index contributed by atoms with van der Waals surface area (Å²) in [5, 5.41) is 0. The molecule has 0 aromatic heterocycles. The molecular weight excluding hydrogens is 124 g/mol. The quantitative estimate of drug-likeness (QED) is 0.536. The average molecular weight is 134 g/mol. The number of halogens is 2. The fourth-order valence-electron chi connectivity index (χ4n) is 1.01. The predicted molar refractivity (Wildman–Crippen MR) is 30.8 cm³/mol. The minimum Gasteiger partial charge on any atom is -0.318 e. The van der Waals surface area contributed by atoms with Gasteiger partial charge in [-0.25, -0.2) is 8.78 Å². The summed E-state index contributed by atoms with van der Waals surface area (Å²) >= 11 is 0. The van der Waals surface area contributed by atoms with Gasteiger partial charge in [0.1, 0.15) is 6.04 Å². The summed E-state index contributed by atoms with van der Waals surface area (Å²) in [4.78, 5) is 0. The van der Waals surface area contributed by atoms with Gasteiger partial charge in [0, 0.05) is 6.42 Å². The third kappa shape index (κ3) is 1.39. The van der Waals surface area contributed by atoms with Crippen LogP contribution in [0.4, 0.5) is 8.78 Å². The van der Waals surface area contributed by atoms with Crippen LogP contribution in [0.2, 0.25) is 0 Å². The van der Waals surface area contributed by atoms with Crippen LogP contribution in [0.5, 0.6) is 0 Å². The van der Waals surface area contributed by atoms with Crippen LogP contribution in [0, 0.1) is 6.04 Å². The normalized spacial score (nSPS) is 28.3. The molecule has 0 spiro atoms. The number of hydrogen-bond acceptors (Lipinski definition) is 1. The van der Waals surface area contributed by atoms with Gasteiger partial charge in [-0.15, -0.1) is 0 Å². The standard InChI is InChI=1S/C6H10F2N/c7-6(8)4-2-1-3-5(6)9/h1-4,9H2. The lowest BCUT2D eigenvalue weighted by atomic mass is 9.92. The topological polar surface area (TPSA) is 26.0 Å². The summed E-state index contributed by atoms with van der Waals surface area (Å²) in [7, 11) is 0. The van der Waals surface area contributed by atoms with Crippen molar-refractivity contribution in [3.8, 4) is 0 Å². The zero-order valence-electron chi connectivity index (χ0n) is 5.16. The second-order valence-corrected chi connectivity index (χ2v) is 2.44. The molecule has 0 saturated heterocycles. The van der Waals surface area contributed by atoms with Crippen LogP contribution in [0.3, 0.4) is 0 Å². The molecule has 1 nitrogen and oxygen atoms in total. The van der Waals surface area contributed by atoms with E-state index in [4.69, 9.17) is 5.73 Å². The number of hydrogen-bond donors (Lipinski definition) is 1. The minimum absolute atomic E-state index is 0.0567. The first-order valence-electron chi connectivity index (χ1n) is 3.12. The SMILES string of the molecule is N[C]1CCCCC1(F)F. The fourth-order valence-corrected chi connectivity index (χ4v) is 1.01. The zero-order chi connectivity index (χ0) is 6.91. The third-order valence-corrected chi connectivity index (χ3v) is 1.66. The van der Waals surface area contributed by atoms with Crippen molar-refractivity contribution in [3.63, 3.8) is 0 Å². The van der Waals surface area contributed by atoms with Gasteiger partial charge in [0.25, 0.3) is 5.92 Å². The molecule has 0 aliphatic heterocycles. The number of alkyl halides is 2. The van der Waals surface area contributed by atoms with Crippen molar-refractivity contribution in [2.75, 3.05) is 0 Å². The molecule has 1 rings (SSSR count). The molecule has 0 amide bonds. The zero-order valence-corrected chi connectivity index (χ0v) is 5.16. The monoisotopic (exact) mass is 134 g/mol. The maximum Gasteiger partial charge on any atom is 0.267 e. The highest BCUT2D eigenvalue weighted by Gasteiger charge is 2.39. The Hall–Kier alpha value is -0.180. The van der Waals surface area contributed by atoms with Crippen LogP contribution in [0.1, 0.15) is 25.7 Å². The Labute approximate surface area is 53.2 Å². The maximum absolute atomic E-state index is 12.4. The van der Waals surface area contributed by atoms with Crippen LogP contribution in [-0.4, -0.2) is 5.92 Å². The van der Waals surface area contributed by atoms with E-state index in [0.717, 1.165) is 6.42 Å². The lowest BCUT2D eigenvalue weighted by molar-refractivity contribution is -0.0128. The molecule has 1 aliphatic carbocycles. The van der Waals surface area contributed by atoms with E-state index in [0.29, 0.717) is 12.8 Å². The van der Waals surface area contributed by atoms with E-state index in [9.17, 15) is 8.78 Å². The molecule has 0 aromatic carbocycles. The molecule has 0 bridgehead atoms. The highest BCUT2D eigenvalue weighted by molar-refractivity contribution is 5.00. The van der Waals surface area contributed by atoms with Crippen molar-refractivity contribution in [2.45, 2.75) is 31.6 Å². The van der Waals surface area contributed by atoms with E-state index in [2.05, 4.69) is 0 Å². The lowest BCUT2D eigenvalue weighted by Crippen LogP contribution is -2.35. The van der Waals surface area contributed by atoms with Gasteiger partial charge >= 0.3 is 0 Å². The molecule has 1 fully saturated rings. The maximum atomic E-state index is 12.4. The molecule has 0 aromatic rings. The van der Waals surface area contributed by atoms with Gasteiger partial charge in [0.2, 0.25) is 0 Å². The number of rotatable bonds is 0. The van der Waals surface area contributed by atoms with E-state index < -0.39 is 5.92 Å². The molecule has 0 atom stereocenters. The second-order valence-electron chi connectivity index (χ2n) is 2.44. The Morgan fingerprint density at radius 1 is 1.33 bits per heavy atom. The van der Waals surface area contributed by atoms with Crippen molar-refractivity contribution in [1.29, 1.82) is 0 Å². The second kappa shape index (κ2) is 2.21. The first kappa shape index (κ1) is 6.93. The third-order valence-electron chi connectivity index (χ3n) is 1.66. The van der Waals surface area contributed by atoms with Crippen molar-refractivity contribution < 1.29 is 8.78 Å². The van der Waals surface area contributed by atoms with Gasteiger partial charge in [-0.1, -0.05) is 6.42 Å². The molecule has 1 saturated carbocycles. The minimum atomic E-state index is -2.67. The predicted octanol–water partition coefficient (Wildman–Crippen LogP) is 1.69. The molecule has 53 valence electrons. The van der Waals surface area contributed by atoms with Gasteiger partial charge in [-0.05, 0) is 12.8 Å². The van der Waals surface area contributed by atoms with Crippen LogP contribution in [-0.2, 0) is 0 Å². The Balaban J connectivity index is 2.49. The van der Waals surface area contributed by atoms with Gasteiger partial charge in [0.15, 0.2) is 0 Å². The van der Waals surface area contributed by atoms with Gasteiger partial charge < -0.3 is 5.73 Å². The Kier molecular flexibility index (Phi) is 1.70. The highest BCUT2D eigenvalue weighted by Crippen LogP contribution is 2.36. The Bertz CT molecular complexity index is 103. The summed E-state index contributed by atoms with van der Waals surface area (Å²) < 4.78 is 24.9. The Morgan fingerprint density at radius 2 is 2.00 bits per heavy atom. The van der Waals surface area contributed by atoms with Gasteiger partial charge in [-0.2, -0.15) is 0 Å². The molecule has 1 aliphatic rings. The van der Waals surface area contributed by atoms with Crippen molar-refractivity contribution in [3.05, 3.63) is 6.04 Å². The molecule has 2 N–H and O–H groups in total. The summed E-state index contributed by atoms with van der Waals surface area (Å²) in [5.74, 6) is -2.67. The summed E-state index contributed by atoms with van der Waals surface area (Å²) in [6.07, 6.45) is 1.76. The smallest absolute Gasteiger partial charge is 0.267 e. The molecule has 3 heteroatoms. The average Bonchev–Trinajstić information content (AvgIpc) is 1.77. The largest absolute Gasteiger partial charge is 0.318 e. The first-order valence-corrected chi connectivity index (χ1v) is 3.12. The van der Waals surface area contributed by atoms with E-state index in [1.165, 1.54) is 0 Å². The van der Waals surface area contributed by atoms with Crippen molar-refractivity contribution in [2.24, 2.45) is 5.73 Å². The van der Waals surface area contributed by atoms with E-state index in [1.807, 2.05) is 0 Å². The summed E-state index contributed by atoms with van der Waals surface area (Å²) in [5.41, 5.74) is 5.08.